The molecule has 0 saturated heterocycles. The van der Waals surface area contributed by atoms with E-state index in [-0.39, 0.29) is 24.3 Å². The van der Waals surface area contributed by atoms with Crippen molar-refractivity contribution in [3.05, 3.63) is 108 Å². The van der Waals surface area contributed by atoms with E-state index in [0.717, 1.165) is 10.2 Å². The number of alkyl halides is 3. The van der Waals surface area contributed by atoms with Crippen molar-refractivity contribution in [1.29, 1.82) is 0 Å². The van der Waals surface area contributed by atoms with E-state index in [9.17, 15) is 18.0 Å². The average Bonchev–Trinajstić information content (AvgIpc) is 3.32. The van der Waals surface area contributed by atoms with Gasteiger partial charge in [-0.3, -0.25) is 4.79 Å². The maximum absolute atomic E-state index is 13.9. The number of ether oxygens (including phenoxy) is 1. The number of aromatic nitrogens is 2. The zero-order valence-corrected chi connectivity index (χ0v) is 19.1. The highest BCUT2D eigenvalue weighted by molar-refractivity contribution is 5.98. The molecule has 3 aromatic carbocycles. The van der Waals surface area contributed by atoms with Crippen LogP contribution in [-0.2, 0) is 6.54 Å². The summed E-state index contributed by atoms with van der Waals surface area (Å²) in [4.78, 5) is 12.9. The van der Waals surface area contributed by atoms with Gasteiger partial charge >= 0.3 is 6.18 Å². The van der Waals surface area contributed by atoms with E-state index in [1.807, 2.05) is 42.5 Å². The van der Waals surface area contributed by atoms with Crippen LogP contribution >= 0.6 is 0 Å². The first-order valence-corrected chi connectivity index (χ1v) is 11.4. The van der Waals surface area contributed by atoms with Crippen molar-refractivity contribution in [2.24, 2.45) is 0 Å². The molecule has 2 atom stereocenters. The molecule has 184 valence electrons. The summed E-state index contributed by atoms with van der Waals surface area (Å²) in [5.74, 6) is 0.906. The van der Waals surface area contributed by atoms with Gasteiger partial charge in [0.1, 0.15) is 22.9 Å². The zero-order valence-electron chi connectivity index (χ0n) is 19.1. The Hall–Kier alpha value is -4.27. The van der Waals surface area contributed by atoms with Crippen LogP contribution in [0.4, 0.5) is 19.0 Å². The fraction of sp³-hybridized carbons (Fsp3) is 0.185. The minimum Gasteiger partial charge on any atom is -0.457 e. The van der Waals surface area contributed by atoms with Crippen LogP contribution in [0.1, 0.15) is 40.0 Å². The van der Waals surface area contributed by atoms with Crippen molar-refractivity contribution >= 4 is 11.7 Å². The maximum atomic E-state index is 13.9. The molecule has 0 fully saturated rings. The van der Waals surface area contributed by atoms with Crippen LogP contribution in [0.3, 0.4) is 0 Å². The van der Waals surface area contributed by atoms with Gasteiger partial charge in [0.15, 0.2) is 6.04 Å². The van der Waals surface area contributed by atoms with Gasteiger partial charge in [-0.05, 0) is 35.4 Å². The Morgan fingerprint density at radius 2 is 1.61 bits per heavy atom. The van der Waals surface area contributed by atoms with E-state index in [2.05, 4.69) is 15.7 Å². The highest BCUT2D eigenvalue weighted by atomic mass is 19.4. The summed E-state index contributed by atoms with van der Waals surface area (Å²) in [6, 6.07) is 23.0. The number of carbonyl (C=O) groups is 1. The zero-order chi connectivity index (χ0) is 25.1. The number of para-hydroxylation sites is 1. The summed E-state index contributed by atoms with van der Waals surface area (Å²) in [5, 5.41) is 9.79. The van der Waals surface area contributed by atoms with Gasteiger partial charge in [-0.25, -0.2) is 4.68 Å². The summed E-state index contributed by atoms with van der Waals surface area (Å²) < 4.78 is 48.2. The van der Waals surface area contributed by atoms with Crippen LogP contribution in [0.15, 0.2) is 91.1 Å². The standard InChI is InChI=1S/C27H23F3N4O2/c28-27(29,30)24-15-23(19-7-3-1-4-8-19)33-25-22(17-32-34(24)25)26(35)31-16-18-11-13-21(14-12-18)36-20-9-5-2-6-10-20/h1-14,17,23-24,33H,15-16H2,(H,31,35). The van der Waals surface area contributed by atoms with Crippen molar-refractivity contribution in [1.82, 2.24) is 15.1 Å². The summed E-state index contributed by atoms with van der Waals surface area (Å²) in [6.07, 6.45) is -3.55. The molecule has 9 heteroatoms. The lowest BCUT2D eigenvalue weighted by Crippen LogP contribution is -2.36. The first-order chi connectivity index (χ1) is 17.4. The summed E-state index contributed by atoms with van der Waals surface area (Å²) in [5.41, 5.74) is 1.59. The lowest BCUT2D eigenvalue weighted by atomic mass is 9.96. The van der Waals surface area contributed by atoms with E-state index in [0.29, 0.717) is 17.1 Å². The van der Waals surface area contributed by atoms with Gasteiger partial charge in [0.25, 0.3) is 5.91 Å². The maximum Gasteiger partial charge on any atom is 0.410 e. The molecule has 1 aliphatic heterocycles. The molecule has 6 nitrogen and oxygen atoms in total. The Bertz CT molecular complexity index is 1320. The number of hydrogen-bond donors (Lipinski definition) is 2. The Labute approximate surface area is 205 Å². The van der Waals surface area contributed by atoms with E-state index in [4.69, 9.17) is 4.74 Å². The van der Waals surface area contributed by atoms with Gasteiger partial charge in [0.05, 0.1) is 12.2 Å². The molecule has 0 aliphatic carbocycles. The van der Waals surface area contributed by atoms with Gasteiger partial charge in [-0.2, -0.15) is 18.3 Å². The predicted molar refractivity (Wildman–Crippen MR) is 129 cm³/mol. The van der Waals surface area contributed by atoms with Gasteiger partial charge in [0, 0.05) is 13.0 Å². The quantitative estimate of drug-likeness (QED) is 0.333. The number of anilines is 1. The molecule has 1 aliphatic rings. The highest BCUT2D eigenvalue weighted by Crippen LogP contribution is 2.44. The van der Waals surface area contributed by atoms with Gasteiger partial charge in [0.2, 0.25) is 0 Å². The van der Waals surface area contributed by atoms with Crippen molar-refractivity contribution < 1.29 is 22.7 Å². The normalized spacial score (nSPS) is 17.1. The van der Waals surface area contributed by atoms with Gasteiger partial charge in [-0.15, -0.1) is 0 Å². The number of nitrogens with zero attached hydrogens (tertiary/aromatic N) is 2. The number of rotatable bonds is 6. The molecule has 5 rings (SSSR count). The fourth-order valence-electron chi connectivity index (χ4n) is 4.21. The smallest absolute Gasteiger partial charge is 0.410 e. The fourth-order valence-corrected chi connectivity index (χ4v) is 4.21. The van der Waals surface area contributed by atoms with Crippen LogP contribution in [0.5, 0.6) is 11.5 Å². The van der Waals surface area contributed by atoms with E-state index < -0.39 is 24.2 Å². The largest absolute Gasteiger partial charge is 0.457 e. The summed E-state index contributed by atoms with van der Waals surface area (Å²) in [7, 11) is 0. The molecule has 2 heterocycles. The molecule has 4 aromatic rings. The van der Waals surface area contributed by atoms with Crippen molar-refractivity contribution in [3.63, 3.8) is 0 Å². The number of hydrogen-bond acceptors (Lipinski definition) is 4. The number of carbonyl (C=O) groups excluding carboxylic acids is 1. The second kappa shape index (κ2) is 9.77. The number of fused-ring (bicyclic) bond motifs is 1. The lowest BCUT2D eigenvalue weighted by molar-refractivity contribution is -0.173. The first-order valence-electron chi connectivity index (χ1n) is 11.4. The van der Waals surface area contributed by atoms with Crippen molar-refractivity contribution in [2.75, 3.05) is 5.32 Å². The van der Waals surface area contributed by atoms with Crippen LogP contribution in [0, 0.1) is 0 Å². The first kappa shape index (κ1) is 23.5. The molecule has 36 heavy (non-hydrogen) atoms. The van der Waals surface area contributed by atoms with Crippen molar-refractivity contribution in [2.45, 2.75) is 31.2 Å². The van der Waals surface area contributed by atoms with E-state index in [1.165, 1.54) is 6.20 Å². The number of amides is 1. The third-order valence-electron chi connectivity index (χ3n) is 6.04. The Morgan fingerprint density at radius 1 is 0.972 bits per heavy atom. The predicted octanol–water partition coefficient (Wildman–Crippen LogP) is 6.27. The SMILES string of the molecule is O=C(NCc1ccc(Oc2ccccc2)cc1)c1cnn2c1NC(c1ccccc1)CC2C(F)(F)F. The molecule has 0 spiro atoms. The van der Waals surface area contributed by atoms with Crippen LogP contribution in [0.2, 0.25) is 0 Å². The highest BCUT2D eigenvalue weighted by Gasteiger charge is 2.47. The molecular weight excluding hydrogens is 469 g/mol. The summed E-state index contributed by atoms with van der Waals surface area (Å²) >= 11 is 0. The minimum atomic E-state index is -4.51. The molecular formula is C27H23F3N4O2. The minimum absolute atomic E-state index is 0.0570. The topological polar surface area (TPSA) is 68.2 Å². The Kier molecular flexibility index (Phi) is 6.37. The van der Waals surface area contributed by atoms with Crippen LogP contribution < -0.4 is 15.4 Å². The van der Waals surface area contributed by atoms with E-state index >= 15 is 0 Å². The third kappa shape index (κ3) is 5.05. The second-order valence-corrected chi connectivity index (χ2v) is 8.49. The monoisotopic (exact) mass is 492 g/mol. The Morgan fingerprint density at radius 3 is 2.28 bits per heavy atom. The van der Waals surface area contributed by atoms with Crippen molar-refractivity contribution in [3.8, 4) is 11.5 Å². The number of benzene rings is 3. The molecule has 0 saturated carbocycles. The molecule has 0 bridgehead atoms. The summed E-state index contributed by atoms with van der Waals surface area (Å²) in [6.45, 7) is 0.194. The number of nitrogens with one attached hydrogen (secondary N) is 2. The molecule has 1 aromatic heterocycles. The van der Waals surface area contributed by atoms with Gasteiger partial charge < -0.3 is 15.4 Å². The Balaban J connectivity index is 1.30. The molecule has 1 amide bonds. The van der Waals surface area contributed by atoms with Gasteiger partial charge in [-0.1, -0.05) is 60.7 Å². The molecule has 2 N–H and O–H groups in total. The molecule has 0 radical (unpaired) electrons. The average molecular weight is 493 g/mol. The van der Waals surface area contributed by atoms with Crippen LogP contribution in [-0.4, -0.2) is 21.9 Å². The number of halogens is 3. The van der Waals surface area contributed by atoms with Crippen LogP contribution in [0.25, 0.3) is 0 Å². The lowest BCUT2D eigenvalue weighted by Gasteiger charge is -2.34. The van der Waals surface area contributed by atoms with E-state index in [1.54, 1.807) is 42.5 Å². The molecule has 2 unspecified atom stereocenters. The third-order valence-corrected chi connectivity index (χ3v) is 6.04. The second-order valence-electron chi connectivity index (χ2n) is 8.49.